The molecule has 80 heavy (non-hydrogen) atoms. The van der Waals surface area contributed by atoms with Gasteiger partial charge in [0.25, 0.3) is 0 Å². The summed E-state index contributed by atoms with van der Waals surface area (Å²) in [6, 6.07) is 15.4. The Morgan fingerprint density at radius 1 is 0.237 bits per heavy atom. The number of fused-ring (bicyclic) bond motifs is 8. The van der Waals surface area contributed by atoms with Gasteiger partial charge in [-0.05, 0) is 191 Å². The van der Waals surface area contributed by atoms with E-state index in [1.54, 1.807) is 0 Å². The minimum atomic E-state index is 0.410. The zero-order valence-electron chi connectivity index (χ0n) is 48.7. The fourth-order valence-electron chi connectivity index (χ4n) is 8.65. The van der Waals surface area contributed by atoms with Crippen molar-refractivity contribution in [1.29, 1.82) is 0 Å². The van der Waals surface area contributed by atoms with Crippen molar-refractivity contribution >= 4 is 0 Å². The standard InChI is InChI=1S/C72H84N4O4/c1-5-9-13-17-21-33-45-77-57-61-49-65-37-25-27-39-67-51-62(58-78-46-34-22-18-14-10-6-2)53-69(74-67)41-29-31-43-71-55-64(60-80-48-36-24-20-16-12-8-4)56-72(76-71)44-32-30-42-70-54-63(59-79-47-35-23-19-15-11-7-3)52-68(75-70)40-28-26-38-66(50-61)73-65/h49-56H,5-24,33-36,45-48,57-60H2,1-4H3. The minimum absolute atomic E-state index is 0.410. The van der Waals surface area contributed by atoms with Crippen LogP contribution in [0.3, 0.4) is 0 Å². The molecule has 8 bridgehead atoms. The summed E-state index contributed by atoms with van der Waals surface area (Å²) >= 11 is 0. The van der Waals surface area contributed by atoms with Crippen LogP contribution >= 0.6 is 0 Å². The molecule has 0 saturated heterocycles. The molecule has 0 aromatic carbocycles. The highest BCUT2D eigenvalue weighted by atomic mass is 16.5. The van der Waals surface area contributed by atoms with Crippen LogP contribution in [0.1, 0.15) is 250 Å². The van der Waals surface area contributed by atoms with Crippen LogP contribution in [0.25, 0.3) is 0 Å². The second-order valence-corrected chi connectivity index (χ2v) is 20.3. The van der Waals surface area contributed by atoms with Crippen molar-refractivity contribution in [3.8, 4) is 94.7 Å². The first-order chi connectivity index (χ1) is 39.5. The molecule has 0 fully saturated rings. The van der Waals surface area contributed by atoms with Crippen LogP contribution in [-0.2, 0) is 45.4 Å². The van der Waals surface area contributed by atoms with Gasteiger partial charge >= 0.3 is 0 Å². The maximum Gasteiger partial charge on any atom is 0.116 e. The molecule has 0 atom stereocenters. The Labute approximate surface area is 482 Å². The lowest BCUT2D eigenvalue weighted by atomic mass is 10.1. The lowest BCUT2D eigenvalue weighted by Crippen LogP contribution is -1.99. The zero-order valence-corrected chi connectivity index (χ0v) is 48.7. The third-order valence-electron chi connectivity index (χ3n) is 13.0. The van der Waals surface area contributed by atoms with Crippen molar-refractivity contribution in [2.75, 3.05) is 26.4 Å². The maximum atomic E-state index is 6.13. The average molecular weight is 1070 g/mol. The summed E-state index contributed by atoms with van der Waals surface area (Å²) in [5, 5.41) is 0. The van der Waals surface area contributed by atoms with Crippen LogP contribution in [0.5, 0.6) is 0 Å². The molecule has 4 aromatic heterocycles. The Morgan fingerprint density at radius 3 is 0.575 bits per heavy atom. The van der Waals surface area contributed by atoms with Crippen LogP contribution < -0.4 is 0 Å². The van der Waals surface area contributed by atoms with E-state index in [1.165, 1.54) is 103 Å². The lowest BCUT2D eigenvalue weighted by molar-refractivity contribution is 0.116. The lowest BCUT2D eigenvalue weighted by Gasteiger charge is -2.06. The first kappa shape index (κ1) is 63.7. The van der Waals surface area contributed by atoms with Gasteiger partial charge in [-0.25, -0.2) is 19.9 Å². The molecule has 5 heterocycles. The summed E-state index contributed by atoms with van der Waals surface area (Å²) in [6.07, 6.45) is 28.7. The van der Waals surface area contributed by atoms with E-state index >= 15 is 0 Å². The number of aromatic nitrogens is 4. The minimum Gasteiger partial charge on any atom is -0.377 e. The molecule has 1 aliphatic heterocycles. The normalized spacial score (nSPS) is 11.1. The van der Waals surface area contributed by atoms with E-state index in [-0.39, 0.29) is 0 Å². The monoisotopic (exact) mass is 1070 g/mol. The van der Waals surface area contributed by atoms with Gasteiger partial charge in [-0.3, -0.25) is 0 Å². The molecule has 4 aromatic rings. The van der Waals surface area contributed by atoms with E-state index in [0.29, 0.717) is 98.4 Å². The molecule has 0 aliphatic carbocycles. The molecule has 0 radical (unpaired) electrons. The van der Waals surface area contributed by atoms with E-state index in [4.69, 9.17) is 38.9 Å². The fourth-order valence-corrected chi connectivity index (χ4v) is 8.65. The number of hydrogen-bond acceptors (Lipinski definition) is 8. The highest BCUT2D eigenvalue weighted by molar-refractivity contribution is 5.50. The number of unbranched alkanes of at least 4 members (excludes halogenated alkanes) is 20. The fraction of sp³-hybridized carbons (Fsp3) is 0.500. The summed E-state index contributed by atoms with van der Waals surface area (Å²) in [6.45, 7) is 13.3. The van der Waals surface area contributed by atoms with Crippen molar-refractivity contribution in [2.45, 2.75) is 208 Å². The van der Waals surface area contributed by atoms with Crippen LogP contribution in [0.2, 0.25) is 0 Å². The second kappa shape index (κ2) is 41.9. The van der Waals surface area contributed by atoms with Crippen molar-refractivity contribution in [2.24, 2.45) is 0 Å². The molecule has 5 rings (SSSR count). The highest BCUT2D eigenvalue weighted by Gasteiger charge is 2.06. The number of rotatable bonds is 36. The largest absolute Gasteiger partial charge is 0.377 e. The molecular weight excluding hydrogens is 985 g/mol. The van der Waals surface area contributed by atoms with Crippen LogP contribution in [-0.4, -0.2) is 46.4 Å². The van der Waals surface area contributed by atoms with E-state index in [0.717, 1.165) is 73.6 Å². The molecule has 8 heteroatoms. The molecular formula is C72H84N4O4. The van der Waals surface area contributed by atoms with E-state index in [1.807, 2.05) is 48.5 Å². The van der Waals surface area contributed by atoms with Gasteiger partial charge < -0.3 is 18.9 Å². The van der Waals surface area contributed by atoms with E-state index < -0.39 is 0 Å². The summed E-state index contributed by atoms with van der Waals surface area (Å²) in [4.78, 5) is 19.1. The Kier molecular flexibility index (Phi) is 33.4. The first-order valence-corrected chi connectivity index (χ1v) is 30.0. The Hall–Kier alpha value is -7.08. The molecule has 0 saturated carbocycles. The molecule has 1 aliphatic rings. The Balaban J connectivity index is 1.50. The molecule has 0 unspecified atom stereocenters. The second-order valence-electron chi connectivity index (χ2n) is 20.3. The van der Waals surface area contributed by atoms with E-state index in [9.17, 15) is 0 Å². The highest BCUT2D eigenvalue weighted by Crippen LogP contribution is 2.15. The van der Waals surface area contributed by atoms with Gasteiger partial charge in [0.1, 0.15) is 45.6 Å². The van der Waals surface area contributed by atoms with Crippen molar-refractivity contribution < 1.29 is 18.9 Å². The summed E-state index contributed by atoms with van der Waals surface area (Å²) in [5.74, 6) is 49.2. The van der Waals surface area contributed by atoms with Crippen LogP contribution in [0.4, 0.5) is 0 Å². The van der Waals surface area contributed by atoms with Gasteiger partial charge in [0.2, 0.25) is 0 Å². The third kappa shape index (κ3) is 29.2. The molecule has 416 valence electrons. The maximum absolute atomic E-state index is 6.13. The molecule has 0 N–H and O–H groups in total. The summed E-state index contributed by atoms with van der Waals surface area (Å²) in [5.41, 5.74) is 7.85. The van der Waals surface area contributed by atoms with E-state index in [2.05, 4.69) is 122 Å². The average Bonchev–Trinajstić information content (AvgIpc) is 3.46. The van der Waals surface area contributed by atoms with Gasteiger partial charge in [-0.1, -0.05) is 156 Å². The third-order valence-corrected chi connectivity index (χ3v) is 13.0. The zero-order chi connectivity index (χ0) is 56.2. The molecule has 0 amide bonds. The first-order valence-electron chi connectivity index (χ1n) is 30.0. The number of pyridine rings is 4. The predicted octanol–water partition coefficient (Wildman–Crippen LogP) is 14.7. The van der Waals surface area contributed by atoms with Crippen LogP contribution in [0.15, 0.2) is 48.5 Å². The van der Waals surface area contributed by atoms with Gasteiger partial charge in [0.15, 0.2) is 0 Å². The Bertz CT molecular complexity index is 2480. The Morgan fingerprint density at radius 2 is 0.400 bits per heavy atom. The van der Waals surface area contributed by atoms with Crippen molar-refractivity contribution in [1.82, 2.24) is 19.9 Å². The summed E-state index contributed by atoms with van der Waals surface area (Å²) in [7, 11) is 0. The number of ether oxygens (including phenoxy) is 4. The number of nitrogens with zero attached hydrogens (tertiary/aromatic N) is 4. The van der Waals surface area contributed by atoms with Crippen molar-refractivity contribution in [3.05, 3.63) is 116 Å². The SMILES string of the molecule is CCCCCCCCOCc1cc2nc(c1)C#CC#Cc1cc(COCCCCCCCC)cc(n1)C#CC#Cc1cc(COCCCCCCCC)cc(n1)C#CC#Cc1cc(COCCCCCCCC)cc(n1)C#CC#C2. The topological polar surface area (TPSA) is 88.5 Å². The van der Waals surface area contributed by atoms with Gasteiger partial charge in [-0.15, -0.1) is 0 Å². The van der Waals surface area contributed by atoms with Gasteiger partial charge in [-0.2, -0.15) is 0 Å². The predicted molar refractivity (Wildman–Crippen MR) is 324 cm³/mol. The smallest absolute Gasteiger partial charge is 0.116 e. The van der Waals surface area contributed by atoms with Gasteiger partial charge in [0, 0.05) is 26.4 Å². The van der Waals surface area contributed by atoms with Gasteiger partial charge in [0.05, 0.1) is 26.4 Å². The molecule has 8 nitrogen and oxygen atoms in total. The molecule has 0 spiro atoms. The number of hydrogen-bond donors (Lipinski definition) is 0. The quantitative estimate of drug-likeness (QED) is 0.0329. The van der Waals surface area contributed by atoms with Crippen molar-refractivity contribution in [3.63, 3.8) is 0 Å². The summed E-state index contributed by atoms with van der Waals surface area (Å²) < 4.78 is 24.5. The van der Waals surface area contributed by atoms with Crippen LogP contribution in [0, 0.1) is 94.7 Å².